The molecule has 0 aliphatic heterocycles. The number of hydrogen-bond acceptors (Lipinski definition) is 2. The van der Waals surface area contributed by atoms with Gasteiger partial charge in [-0.25, -0.2) is 4.39 Å². The first kappa shape index (κ1) is 13.4. The molecule has 0 aliphatic rings. The third-order valence-electron chi connectivity index (χ3n) is 3.15. The number of methoxy groups -OCH3 is 1. The molecule has 1 atom stereocenters. The zero-order valence-corrected chi connectivity index (χ0v) is 11.4. The maximum absolute atomic E-state index is 13.7. The number of nitrogens with one attached hydrogen (secondary N) is 1. The molecule has 0 bridgehead atoms. The first-order chi connectivity index (χ1) is 9.11. The van der Waals surface area contributed by atoms with Gasteiger partial charge in [0.05, 0.1) is 13.2 Å². The molecule has 0 heterocycles. The summed E-state index contributed by atoms with van der Waals surface area (Å²) in [6, 6.07) is 12.6. The van der Waals surface area contributed by atoms with Gasteiger partial charge >= 0.3 is 0 Å². The van der Waals surface area contributed by atoms with Crippen molar-refractivity contribution in [2.24, 2.45) is 0 Å². The van der Waals surface area contributed by atoms with Crippen molar-refractivity contribution in [1.29, 1.82) is 0 Å². The Morgan fingerprint density at radius 2 is 1.89 bits per heavy atom. The molecule has 2 nitrogen and oxygen atoms in total. The van der Waals surface area contributed by atoms with Crippen LogP contribution in [-0.2, 0) is 0 Å². The molecule has 3 heteroatoms. The molecule has 0 spiro atoms. The fourth-order valence-corrected chi connectivity index (χ4v) is 2.12. The van der Waals surface area contributed by atoms with Crippen molar-refractivity contribution in [1.82, 2.24) is 0 Å². The summed E-state index contributed by atoms with van der Waals surface area (Å²) < 4.78 is 18.9. The molecule has 100 valence electrons. The zero-order chi connectivity index (χ0) is 13.8. The minimum Gasteiger partial charge on any atom is -0.496 e. The lowest BCUT2D eigenvalue weighted by Crippen LogP contribution is -2.08. The van der Waals surface area contributed by atoms with Crippen LogP contribution >= 0.6 is 0 Å². The highest BCUT2D eigenvalue weighted by Crippen LogP contribution is 2.25. The fraction of sp³-hybridized carbons (Fsp3) is 0.250. The molecular weight excluding hydrogens is 241 g/mol. The Morgan fingerprint density at radius 1 is 1.16 bits per heavy atom. The van der Waals surface area contributed by atoms with Crippen molar-refractivity contribution in [3.63, 3.8) is 0 Å². The Balaban J connectivity index is 2.17. The summed E-state index contributed by atoms with van der Waals surface area (Å²) in [7, 11) is 1.65. The Hall–Kier alpha value is -2.03. The molecule has 1 N–H and O–H groups in total. The van der Waals surface area contributed by atoms with E-state index in [-0.39, 0.29) is 11.9 Å². The lowest BCUT2D eigenvalue weighted by Gasteiger charge is -2.17. The van der Waals surface area contributed by atoms with Crippen LogP contribution in [0.2, 0.25) is 0 Å². The summed E-state index contributed by atoms with van der Waals surface area (Å²) >= 11 is 0. The molecule has 1 unspecified atom stereocenters. The number of halogens is 1. The van der Waals surface area contributed by atoms with Crippen LogP contribution in [0.3, 0.4) is 0 Å². The molecule has 2 rings (SSSR count). The van der Waals surface area contributed by atoms with Crippen molar-refractivity contribution in [3.8, 4) is 5.75 Å². The summed E-state index contributed by atoms with van der Waals surface area (Å²) in [6.45, 7) is 3.93. The maximum atomic E-state index is 13.7. The van der Waals surface area contributed by atoms with Gasteiger partial charge in [-0.3, -0.25) is 0 Å². The van der Waals surface area contributed by atoms with Crippen molar-refractivity contribution in [3.05, 3.63) is 59.4 Å². The Morgan fingerprint density at radius 3 is 2.53 bits per heavy atom. The van der Waals surface area contributed by atoms with Gasteiger partial charge in [0.25, 0.3) is 0 Å². The van der Waals surface area contributed by atoms with E-state index in [1.165, 1.54) is 6.07 Å². The van der Waals surface area contributed by atoms with Crippen LogP contribution in [0.5, 0.6) is 5.75 Å². The summed E-state index contributed by atoms with van der Waals surface area (Å²) in [6.07, 6.45) is 0. The summed E-state index contributed by atoms with van der Waals surface area (Å²) in [5, 5.41) is 3.30. The summed E-state index contributed by atoms with van der Waals surface area (Å²) in [5.41, 5.74) is 2.67. The monoisotopic (exact) mass is 259 g/mol. The molecule has 19 heavy (non-hydrogen) atoms. The second kappa shape index (κ2) is 5.74. The quantitative estimate of drug-likeness (QED) is 0.883. The smallest absolute Gasteiger partial charge is 0.128 e. The van der Waals surface area contributed by atoms with E-state index >= 15 is 0 Å². The molecule has 0 saturated carbocycles. The molecule has 0 radical (unpaired) electrons. The van der Waals surface area contributed by atoms with Crippen LogP contribution in [0.15, 0.2) is 42.5 Å². The van der Waals surface area contributed by atoms with Crippen LogP contribution in [0.4, 0.5) is 10.1 Å². The minimum absolute atomic E-state index is 0.0889. The maximum Gasteiger partial charge on any atom is 0.128 e. The van der Waals surface area contributed by atoms with Gasteiger partial charge in [0.2, 0.25) is 0 Å². The topological polar surface area (TPSA) is 21.3 Å². The van der Waals surface area contributed by atoms with Crippen molar-refractivity contribution in [2.75, 3.05) is 12.4 Å². The molecule has 0 amide bonds. The highest BCUT2D eigenvalue weighted by Gasteiger charge is 2.10. The molecule has 0 fully saturated rings. The molecule has 0 saturated heterocycles. The third-order valence-corrected chi connectivity index (χ3v) is 3.15. The van der Waals surface area contributed by atoms with Crippen molar-refractivity contribution < 1.29 is 9.13 Å². The van der Waals surface area contributed by atoms with Gasteiger partial charge in [-0.2, -0.15) is 0 Å². The second-order valence-corrected chi connectivity index (χ2v) is 4.57. The number of ether oxygens (including phenoxy) is 1. The number of benzene rings is 2. The predicted molar refractivity (Wildman–Crippen MR) is 76.2 cm³/mol. The lowest BCUT2D eigenvalue weighted by molar-refractivity contribution is 0.412. The van der Waals surface area contributed by atoms with Crippen molar-refractivity contribution >= 4 is 5.69 Å². The number of hydrogen-bond donors (Lipinski definition) is 1. The van der Waals surface area contributed by atoms with E-state index in [0.29, 0.717) is 5.56 Å². The van der Waals surface area contributed by atoms with Crippen LogP contribution in [0.1, 0.15) is 24.1 Å². The van der Waals surface area contributed by atoms with Crippen LogP contribution in [-0.4, -0.2) is 7.11 Å². The molecule has 0 aliphatic carbocycles. The number of aryl methyl sites for hydroxylation is 1. The Kier molecular flexibility index (Phi) is 4.05. The first-order valence-corrected chi connectivity index (χ1v) is 6.27. The summed E-state index contributed by atoms with van der Waals surface area (Å²) in [4.78, 5) is 0. The lowest BCUT2D eigenvalue weighted by atomic mass is 10.1. The van der Waals surface area contributed by atoms with Gasteiger partial charge in [-0.05, 0) is 43.7 Å². The normalized spacial score (nSPS) is 12.0. The van der Waals surface area contributed by atoms with Crippen LogP contribution in [0.25, 0.3) is 0 Å². The molecular formula is C16H18FNO. The van der Waals surface area contributed by atoms with Gasteiger partial charge in [-0.1, -0.05) is 18.2 Å². The van der Waals surface area contributed by atoms with Crippen LogP contribution < -0.4 is 10.1 Å². The average molecular weight is 259 g/mol. The molecule has 2 aromatic carbocycles. The van der Waals surface area contributed by atoms with Crippen molar-refractivity contribution in [2.45, 2.75) is 19.9 Å². The molecule has 2 aromatic rings. The van der Waals surface area contributed by atoms with Gasteiger partial charge in [-0.15, -0.1) is 0 Å². The van der Waals surface area contributed by atoms with Gasteiger partial charge in [0.15, 0.2) is 0 Å². The standard InChI is InChI=1S/C16H18FNO/c1-11-10-13(8-9-16(11)19-3)18-12(2)14-6-4-5-7-15(14)17/h4-10,12,18H,1-3H3. The third kappa shape index (κ3) is 3.05. The van der Waals surface area contributed by atoms with Crippen LogP contribution in [0, 0.1) is 12.7 Å². The van der Waals surface area contributed by atoms with E-state index in [0.717, 1.165) is 17.0 Å². The predicted octanol–water partition coefficient (Wildman–Crippen LogP) is 4.32. The van der Waals surface area contributed by atoms with Gasteiger partial charge < -0.3 is 10.1 Å². The van der Waals surface area contributed by atoms with E-state index in [2.05, 4.69) is 5.32 Å². The second-order valence-electron chi connectivity index (χ2n) is 4.57. The number of anilines is 1. The van der Waals surface area contributed by atoms with Gasteiger partial charge in [0.1, 0.15) is 11.6 Å². The van der Waals surface area contributed by atoms with E-state index in [1.807, 2.05) is 38.1 Å². The van der Waals surface area contributed by atoms with E-state index in [1.54, 1.807) is 19.2 Å². The Labute approximate surface area is 113 Å². The summed E-state index contributed by atoms with van der Waals surface area (Å²) in [5.74, 6) is 0.664. The zero-order valence-electron chi connectivity index (χ0n) is 11.4. The van der Waals surface area contributed by atoms with E-state index in [4.69, 9.17) is 4.74 Å². The first-order valence-electron chi connectivity index (χ1n) is 6.27. The average Bonchev–Trinajstić information content (AvgIpc) is 2.39. The minimum atomic E-state index is -0.187. The van der Waals surface area contributed by atoms with Gasteiger partial charge in [0, 0.05) is 11.3 Å². The van der Waals surface area contributed by atoms with E-state index < -0.39 is 0 Å². The number of rotatable bonds is 4. The highest BCUT2D eigenvalue weighted by molar-refractivity contribution is 5.52. The Bertz CT molecular complexity index is 568. The molecule has 0 aromatic heterocycles. The van der Waals surface area contributed by atoms with E-state index in [9.17, 15) is 4.39 Å². The fourth-order valence-electron chi connectivity index (χ4n) is 2.12. The largest absolute Gasteiger partial charge is 0.496 e. The SMILES string of the molecule is COc1ccc(NC(C)c2ccccc2F)cc1C. The highest BCUT2D eigenvalue weighted by atomic mass is 19.1.